The number of aryl methyl sites for hydroxylation is 1. The maximum atomic E-state index is 13.5. The zero-order valence-corrected chi connectivity index (χ0v) is 11.3. The van der Waals surface area contributed by atoms with Crippen LogP contribution in [0.5, 0.6) is 5.75 Å². The van der Waals surface area contributed by atoms with E-state index in [-0.39, 0.29) is 12.4 Å². The molecule has 0 amide bonds. The van der Waals surface area contributed by atoms with Crippen molar-refractivity contribution >= 4 is 0 Å². The van der Waals surface area contributed by atoms with Gasteiger partial charge in [0, 0.05) is 11.1 Å². The van der Waals surface area contributed by atoms with Gasteiger partial charge in [-0.3, -0.25) is 0 Å². The molecule has 0 spiro atoms. The zero-order chi connectivity index (χ0) is 14.4. The van der Waals surface area contributed by atoms with Crippen molar-refractivity contribution in [3.05, 3.63) is 65.0 Å². The Morgan fingerprint density at radius 1 is 1.20 bits per heavy atom. The van der Waals surface area contributed by atoms with Gasteiger partial charge in [0.25, 0.3) is 0 Å². The van der Waals surface area contributed by atoms with Crippen LogP contribution in [0.2, 0.25) is 0 Å². The van der Waals surface area contributed by atoms with E-state index in [1.165, 1.54) is 6.07 Å². The van der Waals surface area contributed by atoms with Gasteiger partial charge >= 0.3 is 0 Å². The van der Waals surface area contributed by atoms with Crippen molar-refractivity contribution in [1.29, 1.82) is 0 Å². The molecule has 0 aliphatic heterocycles. The molecule has 0 aliphatic rings. The highest BCUT2D eigenvalue weighted by Crippen LogP contribution is 2.18. The van der Waals surface area contributed by atoms with Crippen LogP contribution in [-0.4, -0.2) is 6.54 Å². The van der Waals surface area contributed by atoms with Crippen LogP contribution in [0.25, 0.3) is 0 Å². The number of halogens is 1. The highest BCUT2D eigenvalue weighted by atomic mass is 19.1. The summed E-state index contributed by atoms with van der Waals surface area (Å²) in [5, 5.41) is 0. The van der Waals surface area contributed by atoms with E-state index >= 15 is 0 Å². The monoisotopic (exact) mass is 269 g/mol. The average molecular weight is 269 g/mol. The lowest BCUT2D eigenvalue weighted by Crippen LogP contribution is -1.99. The minimum atomic E-state index is -0.255. The third-order valence-corrected chi connectivity index (χ3v) is 2.88. The van der Waals surface area contributed by atoms with Gasteiger partial charge in [0.1, 0.15) is 18.2 Å². The van der Waals surface area contributed by atoms with E-state index in [0.717, 1.165) is 11.1 Å². The Bertz CT molecular complexity index is 656. The lowest BCUT2D eigenvalue weighted by atomic mass is 10.1. The van der Waals surface area contributed by atoms with E-state index in [2.05, 4.69) is 11.8 Å². The summed E-state index contributed by atoms with van der Waals surface area (Å²) in [6.07, 6.45) is 0. The molecule has 0 fully saturated rings. The number of hydrogen-bond donors (Lipinski definition) is 1. The summed E-state index contributed by atoms with van der Waals surface area (Å²) in [6, 6.07) is 12.2. The normalized spacial score (nSPS) is 9.75. The molecule has 0 bridgehead atoms. The Hall–Kier alpha value is -2.31. The molecule has 2 rings (SSSR count). The maximum absolute atomic E-state index is 13.5. The molecule has 102 valence electrons. The quantitative estimate of drug-likeness (QED) is 0.869. The van der Waals surface area contributed by atoms with Gasteiger partial charge in [0.05, 0.1) is 6.54 Å². The summed E-state index contributed by atoms with van der Waals surface area (Å²) in [7, 11) is 0. The fourth-order valence-corrected chi connectivity index (χ4v) is 1.79. The lowest BCUT2D eigenvalue weighted by molar-refractivity contribution is 0.299. The molecule has 2 aromatic carbocycles. The van der Waals surface area contributed by atoms with Crippen LogP contribution in [-0.2, 0) is 6.61 Å². The van der Waals surface area contributed by atoms with Gasteiger partial charge < -0.3 is 10.5 Å². The number of benzene rings is 2. The van der Waals surface area contributed by atoms with Crippen molar-refractivity contribution in [2.45, 2.75) is 13.5 Å². The highest BCUT2D eigenvalue weighted by molar-refractivity contribution is 5.44. The molecular weight excluding hydrogens is 253 g/mol. The number of hydrogen-bond acceptors (Lipinski definition) is 2. The van der Waals surface area contributed by atoms with Crippen molar-refractivity contribution in [2.75, 3.05) is 6.54 Å². The molecule has 2 N–H and O–H groups in total. The second-order valence-electron chi connectivity index (χ2n) is 4.36. The molecule has 3 heteroatoms. The molecule has 0 radical (unpaired) electrons. The highest BCUT2D eigenvalue weighted by Gasteiger charge is 2.03. The van der Waals surface area contributed by atoms with Gasteiger partial charge in [-0.05, 0) is 36.8 Å². The molecule has 0 atom stereocenters. The fourth-order valence-electron chi connectivity index (χ4n) is 1.79. The Balaban J connectivity index is 2.08. The maximum Gasteiger partial charge on any atom is 0.129 e. The first-order valence-corrected chi connectivity index (χ1v) is 6.36. The van der Waals surface area contributed by atoms with Crippen LogP contribution in [0, 0.1) is 24.6 Å². The molecule has 2 nitrogen and oxygen atoms in total. The van der Waals surface area contributed by atoms with Crippen LogP contribution in [0.15, 0.2) is 42.5 Å². The molecule has 0 heterocycles. The number of nitrogens with two attached hydrogens (primary N) is 1. The van der Waals surface area contributed by atoms with Crippen molar-refractivity contribution in [2.24, 2.45) is 5.73 Å². The summed E-state index contributed by atoms with van der Waals surface area (Å²) >= 11 is 0. The van der Waals surface area contributed by atoms with Gasteiger partial charge in [0.2, 0.25) is 0 Å². The molecular formula is C17H16FNO. The standard InChI is InChI=1S/C17H16FNO/c1-13-11-16(9-8-14(13)6-4-10-19)20-12-15-5-2-3-7-17(15)18/h2-3,5,7-9,11H,10,12,19H2,1H3. The predicted octanol–water partition coefficient (Wildman–Crippen LogP) is 3.02. The largest absolute Gasteiger partial charge is 0.489 e. The Kier molecular flexibility index (Phi) is 4.75. The minimum absolute atomic E-state index is 0.208. The molecule has 0 saturated heterocycles. The molecule has 0 saturated carbocycles. The van der Waals surface area contributed by atoms with Crippen LogP contribution in [0.3, 0.4) is 0 Å². The smallest absolute Gasteiger partial charge is 0.129 e. The zero-order valence-electron chi connectivity index (χ0n) is 11.3. The van der Waals surface area contributed by atoms with Crippen LogP contribution in [0.1, 0.15) is 16.7 Å². The van der Waals surface area contributed by atoms with E-state index in [9.17, 15) is 4.39 Å². The van der Waals surface area contributed by atoms with E-state index in [1.807, 2.05) is 25.1 Å². The van der Waals surface area contributed by atoms with Crippen molar-refractivity contribution < 1.29 is 9.13 Å². The first kappa shape index (κ1) is 14.1. The van der Waals surface area contributed by atoms with Crippen molar-refractivity contribution in [3.63, 3.8) is 0 Å². The third kappa shape index (κ3) is 3.59. The summed E-state index contributed by atoms with van der Waals surface area (Å²) in [5.41, 5.74) is 7.82. The average Bonchev–Trinajstić information content (AvgIpc) is 2.45. The van der Waals surface area contributed by atoms with Gasteiger partial charge in [0.15, 0.2) is 0 Å². The van der Waals surface area contributed by atoms with Crippen molar-refractivity contribution in [3.8, 4) is 17.6 Å². The van der Waals surface area contributed by atoms with Gasteiger partial charge in [-0.15, -0.1) is 0 Å². The molecule has 0 unspecified atom stereocenters. The SMILES string of the molecule is Cc1cc(OCc2ccccc2F)ccc1C#CCN. The molecule has 0 aliphatic carbocycles. The van der Waals surface area contributed by atoms with Gasteiger partial charge in [-0.25, -0.2) is 4.39 Å². The Morgan fingerprint density at radius 2 is 2.00 bits per heavy atom. The second kappa shape index (κ2) is 6.74. The second-order valence-corrected chi connectivity index (χ2v) is 4.36. The Morgan fingerprint density at radius 3 is 2.70 bits per heavy atom. The first-order chi connectivity index (χ1) is 9.70. The molecule has 2 aromatic rings. The minimum Gasteiger partial charge on any atom is -0.489 e. The Labute approximate surface area is 118 Å². The van der Waals surface area contributed by atoms with Crippen molar-refractivity contribution in [1.82, 2.24) is 0 Å². The summed E-state index contributed by atoms with van der Waals surface area (Å²) in [6.45, 7) is 2.50. The summed E-state index contributed by atoms with van der Waals surface area (Å²) in [4.78, 5) is 0. The topological polar surface area (TPSA) is 35.2 Å². The van der Waals surface area contributed by atoms with E-state index in [4.69, 9.17) is 10.5 Å². The molecule has 20 heavy (non-hydrogen) atoms. The van der Waals surface area contributed by atoms with Crippen LogP contribution >= 0.6 is 0 Å². The lowest BCUT2D eigenvalue weighted by Gasteiger charge is -2.08. The van der Waals surface area contributed by atoms with E-state index < -0.39 is 0 Å². The van der Waals surface area contributed by atoms with Crippen LogP contribution in [0.4, 0.5) is 4.39 Å². The third-order valence-electron chi connectivity index (χ3n) is 2.88. The van der Waals surface area contributed by atoms with Gasteiger partial charge in [-0.1, -0.05) is 30.0 Å². The van der Waals surface area contributed by atoms with Gasteiger partial charge in [-0.2, -0.15) is 0 Å². The number of rotatable bonds is 3. The summed E-state index contributed by atoms with van der Waals surface area (Å²) < 4.78 is 19.1. The fraction of sp³-hybridized carbons (Fsp3) is 0.176. The van der Waals surface area contributed by atoms with Crippen LogP contribution < -0.4 is 10.5 Å². The predicted molar refractivity (Wildman–Crippen MR) is 77.8 cm³/mol. The number of ether oxygens (including phenoxy) is 1. The van der Waals surface area contributed by atoms with E-state index in [0.29, 0.717) is 17.9 Å². The first-order valence-electron chi connectivity index (χ1n) is 6.36. The summed E-state index contributed by atoms with van der Waals surface area (Å²) in [5.74, 6) is 6.25. The molecule has 0 aromatic heterocycles. The van der Waals surface area contributed by atoms with E-state index in [1.54, 1.807) is 18.2 Å².